The van der Waals surface area contributed by atoms with Crippen molar-refractivity contribution in [2.45, 2.75) is 6.54 Å². The maximum Gasteiger partial charge on any atom is 0.289 e. The molecule has 0 atom stereocenters. The van der Waals surface area contributed by atoms with Crippen molar-refractivity contribution in [1.29, 1.82) is 0 Å². The van der Waals surface area contributed by atoms with Crippen LogP contribution in [0.5, 0.6) is 0 Å². The van der Waals surface area contributed by atoms with Gasteiger partial charge in [0.05, 0.1) is 6.61 Å². The van der Waals surface area contributed by atoms with Gasteiger partial charge in [0.25, 0.3) is 5.91 Å². The highest BCUT2D eigenvalue weighted by atomic mass is 16.3. The normalized spacial score (nSPS) is 11.2. The van der Waals surface area contributed by atoms with Crippen LogP contribution in [0.25, 0.3) is 11.0 Å². The monoisotopic (exact) mass is 276 g/mol. The maximum atomic E-state index is 12.4. The molecule has 5 nitrogen and oxygen atoms in total. The van der Waals surface area contributed by atoms with Crippen LogP contribution in [-0.4, -0.2) is 55.1 Å². The van der Waals surface area contributed by atoms with Gasteiger partial charge < -0.3 is 19.3 Å². The molecule has 0 aliphatic heterocycles. The Hall–Kier alpha value is -1.85. The number of hydrogen-bond acceptors (Lipinski definition) is 4. The SMILES string of the molecule is CN(C)Cc1c(C(=O)N(C)CCO)oc2ccccc12. The van der Waals surface area contributed by atoms with Crippen LogP contribution in [0.2, 0.25) is 0 Å². The molecule has 5 heteroatoms. The summed E-state index contributed by atoms with van der Waals surface area (Å²) >= 11 is 0. The minimum Gasteiger partial charge on any atom is -0.451 e. The van der Waals surface area contributed by atoms with E-state index in [0.29, 0.717) is 17.9 Å². The molecule has 20 heavy (non-hydrogen) atoms. The number of nitrogens with zero attached hydrogens (tertiary/aromatic N) is 2. The molecule has 0 unspecified atom stereocenters. The van der Waals surface area contributed by atoms with E-state index < -0.39 is 0 Å². The van der Waals surface area contributed by atoms with Crippen LogP contribution in [-0.2, 0) is 6.54 Å². The van der Waals surface area contributed by atoms with E-state index in [4.69, 9.17) is 9.52 Å². The van der Waals surface area contributed by atoms with Crippen molar-refractivity contribution in [3.8, 4) is 0 Å². The van der Waals surface area contributed by atoms with Gasteiger partial charge in [-0.3, -0.25) is 4.79 Å². The third-order valence-electron chi connectivity index (χ3n) is 3.15. The summed E-state index contributed by atoms with van der Waals surface area (Å²) in [5.41, 5.74) is 1.60. The first-order valence-electron chi connectivity index (χ1n) is 6.56. The van der Waals surface area contributed by atoms with E-state index in [9.17, 15) is 4.79 Å². The molecule has 0 radical (unpaired) electrons. The van der Waals surface area contributed by atoms with Gasteiger partial charge in [0.15, 0.2) is 5.76 Å². The summed E-state index contributed by atoms with van der Waals surface area (Å²) in [6.07, 6.45) is 0. The number of fused-ring (bicyclic) bond motifs is 1. The smallest absolute Gasteiger partial charge is 0.289 e. The zero-order valence-electron chi connectivity index (χ0n) is 12.1. The number of para-hydroxylation sites is 1. The maximum absolute atomic E-state index is 12.4. The van der Waals surface area contributed by atoms with Gasteiger partial charge in [-0.15, -0.1) is 0 Å². The highest BCUT2D eigenvalue weighted by Crippen LogP contribution is 2.27. The first kappa shape index (κ1) is 14.6. The fourth-order valence-corrected chi connectivity index (χ4v) is 2.17. The first-order chi connectivity index (χ1) is 9.54. The number of rotatable bonds is 5. The number of aliphatic hydroxyl groups is 1. The summed E-state index contributed by atoms with van der Waals surface area (Å²) in [6, 6.07) is 7.64. The average molecular weight is 276 g/mol. The van der Waals surface area contributed by atoms with E-state index in [2.05, 4.69) is 0 Å². The lowest BCUT2D eigenvalue weighted by Gasteiger charge is -2.16. The predicted octanol–water partition coefficient (Wildman–Crippen LogP) is 1.56. The zero-order valence-corrected chi connectivity index (χ0v) is 12.1. The molecule has 1 N–H and O–H groups in total. The van der Waals surface area contributed by atoms with Gasteiger partial charge in [-0.25, -0.2) is 0 Å². The van der Waals surface area contributed by atoms with Gasteiger partial charge in [0.2, 0.25) is 0 Å². The third kappa shape index (κ3) is 2.84. The summed E-state index contributed by atoms with van der Waals surface area (Å²) in [5.74, 6) is 0.156. The van der Waals surface area contributed by atoms with Crippen molar-refractivity contribution in [2.75, 3.05) is 34.3 Å². The lowest BCUT2D eigenvalue weighted by atomic mass is 10.1. The summed E-state index contributed by atoms with van der Waals surface area (Å²) in [6.45, 7) is 0.855. The number of aliphatic hydroxyl groups excluding tert-OH is 1. The van der Waals surface area contributed by atoms with Crippen molar-refractivity contribution in [2.24, 2.45) is 0 Å². The van der Waals surface area contributed by atoms with Crippen LogP contribution in [0, 0.1) is 0 Å². The molecule has 1 aromatic heterocycles. The lowest BCUT2D eigenvalue weighted by Crippen LogP contribution is -2.30. The number of amides is 1. The minimum atomic E-state index is -0.202. The second-order valence-electron chi connectivity index (χ2n) is 5.09. The van der Waals surface area contributed by atoms with E-state index >= 15 is 0 Å². The van der Waals surface area contributed by atoms with Crippen LogP contribution in [0.4, 0.5) is 0 Å². The molecule has 1 aromatic carbocycles. The summed E-state index contributed by atoms with van der Waals surface area (Å²) < 4.78 is 5.73. The van der Waals surface area contributed by atoms with E-state index in [1.807, 2.05) is 43.3 Å². The lowest BCUT2D eigenvalue weighted by molar-refractivity contribution is 0.0735. The Morgan fingerprint density at radius 1 is 1.25 bits per heavy atom. The Kier molecular flexibility index (Phi) is 4.42. The van der Waals surface area contributed by atoms with Crippen LogP contribution >= 0.6 is 0 Å². The van der Waals surface area contributed by atoms with Crippen molar-refractivity contribution < 1.29 is 14.3 Å². The standard InChI is InChI=1S/C15H20N2O3/c1-16(2)10-12-11-6-4-5-7-13(11)20-14(12)15(19)17(3)8-9-18/h4-7,18H,8-10H2,1-3H3. The molecule has 0 aliphatic carbocycles. The topological polar surface area (TPSA) is 56.9 Å². The number of benzene rings is 1. The molecular weight excluding hydrogens is 256 g/mol. The Bertz CT molecular complexity index is 604. The van der Waals surface area contributed by atoms with E-state index in [1.165, 1.54) is 4.90 Å². The Morgan fingerprint density at radius 2 is 1.95 bits per heavy atom. The molecule has 0 fully saturated rings. The van der Waals surface area contributed by atoms with Gasteiger partial charge in [-0.2, -0.15) is 0 Å². The molecule has 2 aromatic rings. The Balaban J connectivity index is 2.48. The molecule has 0 saturated heterocycles. The largest absolute Gasteiger partial charge is 0.451 e. The predicted molar refractivity (Wildman–Crippen MR) is 77.7 cm³/mol. The quantitative estimate of drug-likeness (QED) is 0.900. The minimum absolute atomic E-state index is 0.0640. The molecule has 0 spiro atoms. The zero-order chi connectivity index (χ0) is 14.7. The highest BCUT2D eigenvalue weighted by molar-refractivity contribution is 5.99. The fraction of sp³-hybridized carbons (Fsp3) is 0.400. The van der Waals surface area contributed by atoms with Gasteiger partial charge in [-0.1, -0.05) is 18.2 Å². The number of carbonyl (C=O) groups excluding carboxylic acids is 1. The average Bonchev–Trinajstić information content (AvgIpc) is 2.76. The van der Waals surface area contributed by atoms with Crippen molar-refractivity contribution in [3.05, 3.63) is 35.6 Å². The number of hydrogen-bond donors (Lipinski definition) is 1. The second-order valence-corrected chi connectivity index (χ2v) is 5.09. The van der Waals surface area contributed by atoms with Gasteiger partial charge in [-0.05, 0) is 20.2 Å². The summed E-state index contributed by atoms with van der Waals surface area (Å²) in [4.78, 5) is 15.9. The fourth-order valence-electron chi connectivity index (χ4n) is 2.17. The van der Waals surface area contributed by atoms with Crippen LogP contribution < -0.4 is 0 Å². The number of furan rings is 1. The molecule has 108 valence electrons. The molecule has 2 rings (SSSR count). The van der Waals surface area contributed by atoms with E-state index in [1.54, 1.807) is 7.05 Å². The van der Waals surface area contributed by atoms with E-state index in [-0.39, 0.29) is 19.1 Å². The number of likely N-dealkylation sites (N-methyl/N-ethyl adjacent to an activating group) is 1. The molecule has 0 saturated carbocycles. The molecule has 1 amide bonds. The molecule has 0 aliphatic rings. The highest BCUT2D eigenvalue weighted by Gasteiger charge is 2.23. The molecular formula is C15H20N2O3. The Labute approximate surface area is 118 Å². The third-order valence-corrected chi connectivity index (χ3v) is 3.15. The van der Waals surface area contributed by atoms with Crippen LogP contribution in [0.15, 0.2) is 28.7 Å². The summed E-state index contributed by atoms with van der Waals surface area (Å²) in [7, 11) is 5.56. The molecule has 1 heterocycles. The molecule has 0 bridgehead atoms. The van der Waals surface area contributed by atoms with Crippen molar-refractivity contribution >= 4 is 16.9 Å². The van der Waals surface area contributed by atoms with Crippen LogP contribution in [0.1, 0.15) is 16.1 Å². The van der Waals surface area contributed by atoms with Gasteiger partial charge >= 0.3 is 0 Å². The second kappa shape index (κ2) is 6.07. The summed E-state index contributed by atoms with van der Waals surface area (Å²) in [5, 5.41) is 9.91. The van der Waals surface area contributed by atoms with Crippen LogP contribution in [0.3, 0.4) is 0 Å². The first-order valence-corrected chi connectivity index (χ1v) is 6.56. The number of carbonyl (C=O) groups is 1. The Morgan fingerprint density at radius 3 is 2.60 bits per heavy atom. The van der Waals surface area contributed by atoms with Gasteiger partial charge in [0.1, 0.15) is 5.58 Å². The van der Waals surface area contributed by atoms with E-state index in [0.717, 1.165) is 10.9 Å². The van der Waals surface area contributed by atoms with Crippen molar-refractivity contribution in [3.63, 3.8) is 0 Å². The van der Waals surface area contributed by atoms with Gasteiger partial charge in [0, 0.05) is 31.1 Å². The van der Waals surface area contributed by atoms with Crippen molar-refractivity contribution in [1.82, 2.24) is 9.80 Å².